The second-order valence-electron chi connectivity index (χ2n) is 3.40. The summed E-state index contributed by atoms with van der Waals surface area (Å²) in [5.74, 6) is -0.237. The topological polar surface area (TPSA) is 70.4 Å². The van der Waals surface area contributed by atoms with Gasteiger partial charge in [-0.25, -0.2) is 0 Å². The molecule has 1 aliphatic heterocycles. The first-order valence-corrected chi connectivity index (χ1v) is 5.77. The van der Waals surface area contributed by atoms with Crippen molar-refractivity contribution in [3.05, 3.63) is 18.0 Å². The van der Waals surface area contributed by atoms with Crippen LogP contribution in [0, 0.1) is 0 Å². The number of nitrogens with zero attached hydrogens (tertiary/aromatic N) is 2. The zero-order valence-corrected chi connectivity index (χ0v) is 10.4. The number of aromatic nitrogens is 1. The van der Waals surface area contributed by atoms with Crippen LogP contribution in [-0.4, -0.2) is 39.3 Å². The Morgan fingerprint density at radius 2 is 2.53 bits per heavy atom. The summed E-state index contributed by atoms with van der Waals surface area (Å²) in [4.78, 5) is 13.3. The summed E-state index contributed by atoms with van der Waals surface area (Å²) >= 11 is 10.1. The Morgan fingerprint density at radius 1 is 1.71 bits per heavy atom. The molecule has 0 aliphatic carbocycles. The van der Waals surface area contributed by atoms with Crippen molar-refractivity contribution in [1.82, 2.24) is 20.7 Å². The molecule has 1 aromatic rings. The molecule has 1 saturated heterocycles. The van der Waals surface area contributed by atoms with Crippen LogP contribution >= 0.6 is 24.4 Å². The van der Waals surface area contributed by atoms with Crippen LogP contribution in [-0.2, 0) is 11.2 Å². The molecule has 2 heterocycles. The Balaban J connectivity index is 1.86. The molecule has 1 aromatic heterocycles. The third-order valence-corrected chi connectivity index (χ3v) is 2.87. The van der Waals surface area contributed by atoms with E-state index in [1.54, 1.807) is 11.0 Å². The minimum absolute atomic E-state index is 0.130. The van der Waals surface area contributed by atoms with Gasteiger partial charge in [-0.2, -0.15) is 0 Å². The van der Waals surface area contributed by atoms with Gasteiger partial charge in [0.1, 0.15) is 6.26 Å². The summed E-state index contributed by atoms with van der Waals surface area (Å²) in [6, 6.07) is 1.63. The predicted octanol–water partition coefficient (Wildman–Crippen LogP) is -0.192. The van der Waals surface area contributed by atoms with Crippen molar-refractivity contribution in [2.24, 2.45) is 0 Å². The van der Waals surface area contributed by atoms with E-state index in [1.165, 1.54) is 6.26 Å². The van der Waals surface area contributed by atoms with Gasteiger partial charge in [0, 0.05) is 19.2 Å². The molecule has 0 bridgehead atoms. The summed E-state index contributed by atoms with van der Waals surface area (Å²) in [5.41, 5.74) is 0.562. The van der Waals surface area contributed by atoms with Crippen molar-refractivity contribution in [2.75, 3.05) is 13.1 Å². The molecule has 1 fully saturated rings. The quantitative estimate of drug-likeness (QED) is 0.722. The maximum atomic E-state index is 11.6. The molecular formula is C9H10N4O2S2. The van der Waals surface area contributed by atoms with Crippen LogP contribution in [0.4, 0.5) is 0 Å². The van der Waals surface area contributed by atoms with Gasteiger partial charge in [0.2, 0.25) is 5.91 Å². The van der Waals surface area contributed by atoms with Crippen LogP contribution in [0.25, 0.3) is 0 Å². The van der Waals surface area contributed by atoms with E-state index < -0.39 is 0 Å². The molecule has 17 heavy (non-hydrogen) atoms. The summed E-state index contributed by atoms with van der Waals surface area (Å²) in [5, 5.41) is 10.1. The molecule has 2 rings (SSSR count). The summed E-state index contributed by atoms with van der Waals surface area (Å²) in [7, 11) is 0. The van der Waals surface area contributed by atoms with Crippen molar-refractivity contribution < 1.29 is 9.32 Å². The number of rotatable bonds is 2. The van der Waals surface area contributed by atoms with Gasteiger partial charge in [0.15, 0.2) is 10.2 Å². The Morgan fingerprint density at radius 3 is 3.12 bits per heavy atom. The zero-order valence-electron chi connectivity index (χ0n) is 8.80. The Kier molecular flexibility index (Phi) is 3.64. The van der Waals surface area contributed by atoms with Gasteiger partial charge in [-0.15, -0.1) is 0 Å². The predicted molar refractivity (Wildman–Crippen MR) is 68.3 cm³/mol. The minimum Gasteiger partial charge on any atom is -0.364 e. The standard InChI is InChI=1S/C9H10N4O2S2/c14-7(5-6-1-4-15-12-6)11-9(17)13-3-2-10-8(13)16/h1,4H,2-3,5H2,(H,10,16)(H,11,14,17). The number of carbonyl (C=O) groups is 1. The maximum absolute atomic E-state index is 11.6. The molecule has 0 unspecified atom stereocenters. The van der Waals surface area contributed by atoms with Gasteiger partial charge in [0.25, 0.3) is 0 Å². The number of carbonyl (C=O) groups excluding carboxylic acids is 1. The molecule has 2 N–H and O–H groups in total. The van der Waals surface area contributed by atoms with Crippen LogP contribution in [0.5, 0.6) is 0 Å². The smallest absolute Gasteiger partial charge is 0.232 e. The number of hydrogen-bond donors (Lipinski definition) is 2. The van der Waals surface area contributed by atoms with E-state index in [-0.39, 0.29) is 12.3 Å². The van der Waals surface area contributed by atoms with Gasteiger partial charge in [-0.1, -0.05) is 5.16 Å². The van der Waals surface area contributed by atoms with E-state index in [4.69, 9.17) is 24.4 Å². The van der Waals surface area contributed by atoms with E-state index in [0.29, 0.717) is 22.5 Å². The lowest BCUT2D eigenvalue weighted by atomic mass is 10.3. The lowest BCUT2D eigenvalue weighted by Crippen LogP contribution is -2.44. The van der Waals surface area contributed by atoms with Crippen molar-refractivity contribution in [3.63, 3.8) is 0 Å². The summed E-state index contributed by atoms with van der Waals surface area (Å²) < 4.78 is 4.63. The second kappa shape index (κ2) is 5.19. The zero-order chi connectivity index (χ0) is 12.3. The lowest BCUT2D eigenvalue weighted by Gasteiger charge is -2.17. The summed E-state index contributed by atoms with van der Waals surface area (Å²) in [6.07, 6.45) is 1.55. The van der Waals surface area contributed by atoms with Gasteiger partial charge >= 0.3 is 0 Å². The highest BCUT2D eigenvalue weighted by atomic mass is 32.1. The molecule has 0 spiro atoms. The first kappa shape index (κ1) is 11.9. The summed E-state index contributed by atoms with van der Waals surface area (Å²) in [6.45, 7) is 1.40. The Labute approximate surface area is 108 Å². The van der Waals surface area contributed by atoms with Crippen molar-refractivity contribution in [3.8, 4) is 0 Å². The fourth-order valence-corrected chi connectivity index (χ4v) is 2.03. The molecular weight excluding hydrogens is 260 g/mol. The van der Waals surface area contributed by atoms with E-state index in [2.05, 4.69) is 20.3 Å². The second-order valence-corrected chi connectivity index (χ2v) is 4.18. The lowest BCUT2D eigenvalue weighted by molar-refractivity contribution is -0.119. The third-order valence-electron chi connectivity index (χ3n) is 2.18. The first-order chi connectivity index (χ1) is 8.16. The van der Waals surface area contributed by atoms with Crippen LogP contribution in [0.3, 0.4) is 0 Å². The van der Waals surface area contributed by atoms with E-state index in [0.717, 1.165) is 6.54 Å². The van der Waals surface area contributed by atoms with E-state index in [9.17, 15) is 4.79 Å². The number of thiocarbonyl (C=S) groups is 2. The average Bonchev–Trinajstić information content (AvgIpc) is 2.88. The molecule has 1 aliphatic rings. The molecule has 0 atom stereocenters. The first-order valence-electron chi connectivity index (χ1n) is 4.95. The van der Waals surface area contributed by atoms with Crippen LogP contribution < -0.4 is 10.6 Å². The van der Waals surface area contributed by atoms with Gasteiger partial charge in [-0.05, 0) is 24.4 Å². The van der Waals surface area contributed by atoms with Crippen LogP contribution in [0.15, 0.2) is 16.9 Å². The van der Waals surface area contributed by atoms with E-state index in [1.807, 2.05) is 0 Å². The number of nitrogens with one attached hydrogen (secondary N) is 2. The van der Waals surface area contributed by atoms with Gasteiger partial charge in [0.05, 0.1) is 12.1 Å². The molecule has 90 valence electrons. The van der Waals surface area contributed by atoms with Crippen LogP contribution in [0.1, 0.15) is 5.69 Å². The normalized spacial score (nSPS) is 14.6. The Hall–Kier alpha value is -1.54. The highest BCUT2D eigenvalue weighted by Crippen LogP contribution is 1.99. The SMILES string of the molecule is O=C(Cc1ccon1)NC(=S)N1CCNC1=S. The third kappa shape index (κ3) is 2.98. The fourth-order valence-electron chi connectivity index (χ4n) is 1.39. The van der Waals surface area contributed by atoms with Gasteiger partial charge < -0.3 is 15.2 Å². The minimum atomic E-state index is -0.237. The van der Waals surface area contributed by atoms with Crippen LogP contribution in [0.2, 0.25) is 0 Å². The highest BCUT2D eigenvalue weighted by Gasteiger charge is 2.21. The Bertz CT molecular complexity index is 446. The molecule has 8 heteroatoms. The molecule has 1 amide bonds. The monoisotopic (exact) mass is 270 g/mol. The molecule has 0 saturated carbocycles. The van der Waals surface area contributed by atoms with Crippen molar-refractivity contribution >= 4 is 40.6 Å². The molecule has 0 aromatic carbocycles. The number of amides is 1. The van der Waals surface area contributed by atoms with E-state index >= 15 is 0 Å². The number of hydrogen-bond acceptors (Lipinski definition) is 5. The van der Waals surface area contributed by atoms with Crippen molar-refractivity contribution in [1.29, 1.82) is 0 Å². The molecule has 0 radical (unpaired) electrons. The fraction of sp³-hybridized carbons (Fsp3) is 0.333. The van der Waals surface area contributed by atoms with Crippen molar-refractivity contribution in [2.45, 2.75) is 6.42 Å². The highest BCUT2D eigenvalue weighted by molar-refractivity contribution is 7.81. The maximum Gasteiger partial charge on any atom is 0.232 e. The average molecular weight is 270 g/mol. The largest absolute Gasteiger partial charge is 0.364 e. The molecule has 6 nitrogen and oxygen atoms in total. The van der Waals surface area contributed by atoms with Gasteiger partial charge in [-0.3, -0.25) is 9.69 Å².